The second-order valence-corrected chi connectivity index (χ2v) is 10.0. The summed E-state index contributed by atoms with van der Waals surface area (Å²) < 4.78 is 16.1. The van der Waals surface area contributed by atoms with Crippen molar-refractivity contribution < 1.29 is 23.9 Å². The van der Waals surface area contributed by atoms with Gasteiger partial charge >= 0.3 is 6.09 Å². The maximum Gasteiger partial charge on any atom is 0.409 e. The van der Waals surface area contributed by atoms with Gasteiger partial charge in [-0.1, -0.05) is 16.8 Å². The maximum absolute atomic E-state index is 11.9. The number of rotatable bonds is 9. The van der Waals surface area contributed by atoms with Gasteiger partial charge in [0.1, 0.15) is 30.0 Å². The van der Waals surface area contributed by atoms with Gasteiger partial charge in [0.05, 0.1) is 29.1 Å². The number of anilines is 1. The smallest absolute Gasteiger partial charge is 0.409 e. The van der Waals surface area contributed by atoms with E-state index in [1.807, 2.05) is 20.8 Å². The Morgan fingerprint density at radius 2 is 2.00 bits per heavy atom. The molecule has 210 valence electrons. The van der Waals surface area contributed by atoms with E-state index in [4.69, 9.17) is 35.6 Å². The highest BCUT2D eigenvalue weighted by atomic mass is 35.5. The van der Waals surface area contributed by atoms with Gasteiger partial charge < -0.3 is 34.6 Å². The Balaban J connectivity index is 1.70. The minimum atomic E-state index is -0.655. The van der Waals surface area contributed by atoms with Crippen molar-refractivity contribution in [1.29, 1.82) is 0 Å². The van der Waals surface area contributed by atoms with Crippen LogP contribution in [0.5, 0.6) is 5.75 Å². The molecule has 1 aromatic carbocycles. The van der Waals surface area contributed by atoms with Crippen LogP contribution in [0.25, 0.3) is 22.6 Å². The number of aromatic nitrogens is 3. The number of carbonyl (C=O) groups excluding carboxylic acids is 1. The Hall–Kier alpha value is -3.41. The van der Waals surface area contributed by atoms with E-state index in [0.29, 0.717) is 59.1 Å². The van der Waals surface area contributed by atoms with E-state index in [9.17, 15) is 9.90 Å². The number of methoxy groups -OCH3 is 1. The number of aliphatic hydroxyl groups excluding tert-OH is 1. The first-order chi connectivity index (χ1) is 18.7. The second kappa shape index (κ2) is 12.6. The average Bonchev–Trinajstić information content (AvgIpc) is 3.27. The number of hydrogen-bond acceptors (Lipinski definition) is 10. The zero-order chi connectivity index (χ0) is 28.1. The zero-order valence-corrected chi connectivity index (χ0v) is 23.6. The summed E-state index contributed by atoms with van der Waals surface area (Å²) in [6.45, 7) is 7.39. The van der Waals surface area contributed by atoms with Crippen LogP contribution in [0.4, 0.5) is 10.6 Å². The Kier molecular flexibility index (Phi) is 9.26. The second-order valence-electron chi connectivity index (χ2n) is 9.61. The third-order valence-corrected chi connectivity index (χ3v) is 7.08. The highest BCUT2D eigenvalue weighted by molar-refractivity contribution is 6.33. The number of ether oxygens (including phenoxy) is 2. The van der Waals surface area contributed by atoms with Crippen LogP contribution in [0.2, 0.25) is 5.02 Å². The van der Waals surface area contributed by atoms with Crippen LogP contribution in [-0.2, 0) is 4.74 Å². The Labute approximate surface area is 232 Å². The Morgan fingerprint density at radius 1 is 1.26 bits per heavy atom. The molecule has 3 heterocycles. The molecule has 3 N–H and O–H groups in total. The highest BCUT2D eigenvalue weighted by Crippen LogP contribution is 2.36. The normalized spacial score (nSPS) is 14.8. The molecule has 39 heavy (non-hydrogen) atoms. The largest absolute Gasteiger partial charge is 0.491 e. The van der Waals surface area contributed by atoms with Gasteiger partial charge in [-0.3, -0.25) is 0 Å². The lowest BCUT2D eigenvalue weighted by Crippen LogP contribution is -2.42. The number of likely N-dealkylation sites (tertiary alicyclic amines) is 1. The number of piperidine rings is 1. The summed E-state index contributed by atoms with van der Waals surface area (Å²) in [6.07, 6.45) is 0.517. The van der Waals surface area contributed by atoms with Gasteiger partial charge in [-0.2, -0.15) is 0 Å². The fraction of sp³-hybridized carbons (Fsp3) is 0.481. The first kappa shape index (κ1) is 28.6. The van der Waals surface area contributed by atoms with Crippen LogP contribution >= 0.6 is 11.6 Å². The summed E-state index contributed by atoms with van der Waals surface area (Å²) in [7, 11) is 3.16. The van der Waals surface area contributed by atoms with Crippen molar-refractivity contribution in [2.75, 3.05) is 45.7 Å². The van der Waals surface area contributed by atoms with Crippen LogP contribution in [0, 0.1) is 20.8 Å². The Morgan fingerprint density at radius 3 is 2.64 bits per heavy atom. The molecule has 12 heteroatoms. The molecule has 0 aliphatic carbocycles. The molecular formula is C27H35ClN6O5. The number of aliphatic hydroxyl groups is 1. The highest BCUT2D eigenvalue weighted by Gasteiger charge is 2.26. The molecule has 1 fully saturated rings. The van der Waals surface area contributed by atoms with Gasteiger partial charge in [0.2, 0.25) is 0 Å². The van der Waals surface area contributed by atoms with Crippen molar-refractivity contribution in [3.05, 3.63) is 40.2 Å². The van der Waals surface area contributed by atoms with Crippen molar-refractivity contribution in [2.24, 2.45) is 0 Å². The van der Waals surface area contributed by atoms with Crippen LogP contribution in [0.3, 0.4) is 0 Å². The number of amides is 1. The lowest BCUT2D eigenvalue weighted by molar-refractivity contribution is 0.108. The van der Waals surface area contributed by atoms with Crippen molar-refractivity contribution >= 4 is 23.5 Å². The van der Waals surface area contributed by atoms with Crippen LogP contribution in [0.1, 0.15) is 29.9 Å². The number of nitrogens with one attached hydrogen (secondary N) is 2. The van der Waals surface area contributed by atoms with E-state index in [2.05, 4.69) is 15.8 Å². The molecule has 11 nitrogen and oxygen atoms in total. The molecule has 0 saturated carbocycles. The summed E-state index contributed by atoms with van der Waals surface area (Å²) >= 11 is 6.63. The van der Waals surface area contributed by atoms with Gasteiger partial charge in [-0.05, 0) is 58.9 Å². The number of carbonyl (C=O) groups is 1. The van der Waals surface area contributed by atoms with Gasteiger partial charge in [-0.15, -0.1) is 0 Å². The molecule has 1 aliphatic rings. The monoisotopic (exact) mass is 558 g/mol. The van der Waals surface area contributed by atoms with Gasteiger partial charge in [0, 0.05) is 36.8 Å². The number of aryl methyl sites for hydroxylation is 2. The summed E-state index contributed by atoms with van der Waals surface area (Å²) in [5.41, 5.74) is 3.66. The van der Waals surface area contributed by atoms with E-state index in [1.54, 1.807) is 30.1 Å². The van der Waals surface area contributed by atoms with E-state index in [-0.39, 0.29) is 18.7 Å². The number of benzene rings is 1. The van der Waals surface area contributed by atoms with Crippen molar-refractivity contribution in [1.82, 2.24) is 25.3 Å². The van der Waals surface area contributed by atoms with E-state index < -0.39 is 6.10 Å². The minimum absolute atomic E-state index is 0.101. The van der Waals surface area contributed by atoms with Gasteiger partial charge in [-0.25, -0.2) is 14.8 Å². The third-order valence-electron chi connectivity index (χ3n) is 6.75. The Bertz CT molecular complexity index is 1290. The van der Waals surface area contributed by atoms with Crippen molar-refractivity contribution in [3.63, 3.8) is 0 Å². The molecule has 1 unspecified atom stereocenters. The predicted molar refractivity (Wildman–Crippen MR) is 148 cm³/mol. The van der Waals surface area contributed by atoms with Crippen molar-refractivity contribution in [3.8, 4) is 28.4 Å². The zero-order valence-electron chi connectivity index (χ0n) is 22.9. The van der Waals surface area contributed by atoms with E-state index in [0.717, 1.165) is 29.7 Å². The maximum atomic E-state index is 11.9. The fourth-order valence-electron chi connectivity index (χ4n) is 4.62. The number of halogens is 1. The first-order valence-corrected chi connectivity index (χ1v) is 13.3. The molecular weight excluding hydrogens is 524 g/mol. The molecule has 1 aliphatic heterocycles. The lowest BCUT2D eigenvalue weighted by Gasteiger charge is -2.32. The van der Waals surface area contributed by atoms with Gasteiger partial charge in [0.25, 0.3) is 0 Å². The summed E-state index contributed by atoms with van der Waals surface area (Å²) in [4.78, 5) is 23.4. The molecule has 1 saturated heterocycles. The first-order valence-electron chi connectivity index (χ1n) is 12.9. The van der Waals surface area contributed by atoms with E-state index in [1.165, 1.54) is 7.11 Å². The quantitative estimate of drug-likeness (QED) is 0.354. The van der Waals surface area contributed by atoms with Crippen LogP contribution in [0.15, 0.2) is 22.7 Å². The number of nitrogens with zero attached hydrogens (tertiary/aromatic N) is 4. The van der Waals surface area contributed by atoms with E-state index >= 15 is 0 Å². The summed E-state index contributed by atoms with van der Waals surface area (Å²) in [5.74, 6) is 2.27. The molecule has 0 radical (unpaired) electrons. The van der Waals surface area contributed by atoms with Gasteiger partial charge in [0.15, 0.2) is 5.82 Å². The number of hydrogen-bond donors (Lipinski definition) is 3. The topological polar surface area (TPSA) is 135 Å². The lowest BCUT2D eigenvalue weighted by atomic mass is 10.0. The molecule has 1 atom stereocenters. The number of likely N-dealkylation sites (N-methyl/N-ethyl adjacent to an activating group) is 1. The van der Waals surface area contributed by atoms with Crippen LogP contribution in [-0.4, -0.2) is 83.8 Å². The van der Waals surface area contributed by atoms with Crippen molar-refractivity contribution in [2.45, 2.75) is 45.8 Å². The fourth-order valence-corrected chi connectivity index (χ4v) is 4.83. The third kappa shape index (κ3) is 6.60. The molecule has 4 rings (SSSR count). The SMILES string of the molecule is CNCC(O)COc1ccc(Cl)c(-c2nc(NC3CCN(C(=O)OC)CC3)c(C)c(-c3c(C)noc3C)n2)c1. The summed E-state index contributed by atoms with van der Waals surface area (Å²) in [5, 5.41) is 21.1. The predicted octanol–water partition coefficient (Wildman–Crippen LogP) is 3.98. The standard InChI is InChI=1S/C27H35ClN6O5/c1-15-24(23-16(2)33-39-17(23)3)31-26(21-12-20(6-7-22(21)28)38-14-19(35)13-29-4)32-25(15)30-18-8-10-34(11-9-18)27(36)37-5/h6-7,12,18-19,29,35H,8-11,13-14H2,1-5H3,(H,30,31,32). The minimum Gasteiger partial charge on any atom is -0.491 e. The molecule has 0 spiro atoms. The molecule has 1 amide bonds. The molecule has 3 aromatic rings. The molecule has 2 aromatic heterocycles. The average molecular weight is 559 g/mol. The van der Waals surface area contributed by atoms with Crippen LogP contribution < -0.4 is 15.4 Å². The summed E-state index contributed by atoms with van der Waals surface area (Å²) in [6, 6.07) is 5.35. The molecule has 0 bridgehead atoms.